The highest BCUT2D eigenvalue weighted by molar-refractivity contribution is 5.89. The lowest BCUT2D eigenvalue weighted by Gasteiger charge is -2.24. The first-order valence-electron chi connectivity index (χ1n) is 7.13. The Morgan fingerprint density at radius 3 is 2.76 bits per heavy atom. The van der Waals surface area contributed by atoms with Crippen molar-refractivity contribution in [3.63, 3.8) is 0 Å². The Morgan fingerprint density at radius 2 is 2.10 bits per heavy atom. The Morgan fingerprint density at radius 1 is 1.38 bits per heavy atom. The number of hydrogen-bond acceptors (Lipinski definition) is 5. The predicted octanol–water partition coefficient (Wildman–Crippen LogP) is 2.09. The molecular weight excluding hydrogens is 272 g/mol. The average Bonchev–Trinajstić information content (AvgIpc) is 2.47. The molecule has 1 aromatic rings. The molecule has 2 atom stereocenters. The second-order valence-corrected chi connectivity index (χ2v) is 5.24. The molecule has 5 heteroatoms. The smallest absolute Gasteiger partial charge is 0.348 e. The van der Waals surface area contributed by atoms with E-state index in [0.29, 0.717) is 19.8 Å². The van der Waals surface area contributed by atoms with Crippen molar-refractivity contribution in [2.75, 3.05) is 13.2 Å². The van der Waals surface area contributed by atoms with Crippen LogP contribution in [0.4, 0.5) is 0 Å². The normalized spacial score (nSPS) is 18.5. The molecule has 0 radical (unpaired) electrons. The van der Waals surface area contributed by atoms with Gasteiger partial charge in [0, 0.05) is 6.61 Å². The second-order valence-electron chi connectivity index (χ2n) is 5.24. The number of hydrogen-bond donors (Lipinski definition) is 0. The van der Waals surface area contributed by atoms with Crippen LogP contribution in [0.2, 0.25) is 0 Å². The molecule has 0 aromatic heterocycles. The van der Waals surface area contributed by atoms with Gasteiger partial charge in [-0.2, -0.15) is 0 Å². The third-order valence-corrected chi connectivity index (χ3v) is 3.27. The van der Waals surface area contributed by atoms with Gasteiger partial charge >= 0.3 is 11.9 Å². The first-order chi connectivity index (χ1) is 10.1. The van der Waals surface area contributed by atoms with Gasteiger partial charge in [0.25, 0.3) is 0 Å². The van der Waals surface area contributed by atoms with Gasteiger partial charge in [0.15, 0.2) is 0 Å². The van der Waals surface area contributed by atoms with E-state index in [1.54, 1.807) is 0 Å². The van der Waals surface area contributed by atoms with E-state index in [1.165, 1.54) is 0 Å². The summed E-state index contributed by atoms with van der Waals surface area (Å²) in [4.78, 5) is 22.1. The van der Waals surface area contributed by atoms with E-state index in [2.05, 4.69) is 4.74 Å². The van der Waals surface area contributed by atoms with Crippen LogP contribution in [0.25, 0.3) is 0 Å². The lowest BCUT2D eigenvalue weighted by atomic mass is 10.1. The Labute approximate surface area is 124 Å². The third-order valence-electron chi connectivity index (χ3n) is 3.27. The number of carbonyl (C=O) groups is 2. The maximum Gasteiger partial charge on any atom is 0.348 e. The van der Waals surface area contributed by atoms with E-state index in [0.717, 1.165) is 12.0 Å². The summed E-state index contributed by atoms with van der Waals surface area (Å²) in [6.45, 7) is 3.52. The van der Waals surface area contributed by atoms with Crippen LogP contribution in [-0.2, 0) is 30.4 Å². The predicted molar refractivity (Wildman–Crippen MR) is 75.3 cm³/mol. The van der Waals surface area contributed by atoms with Crippen LogP contribution in [0.5, 0.6) is 0 Å². The summed E-state index contributed by atoms with van der Waals surface area (Å²) >= 11 is 0. The maximum absolute atomic E-state index is 11.5. The average molecular weight is 292 g/mol. The van der Waals surface area contributed by atoms with E-state index in [1.807, 2.05) is 37.3 Å². The zero-order valence-corrected chi connectivity index (χ0v) is 12.1. The largest absolute Gasteiger partial charge is 0.463 e. The molecule has 2 rings (SSSR count). The van der Waals surface area contributed by atoms with Crippen molar-refractivity contribution in [1.82, 2.24) is 0 Å². The summed E-state index contributed by atoms with van der Waals surface area (Å²) in [5, 5.41) is 0. The minimum Gasteiger partial charge on any atom is -0.463 e. The van der Waals surface area contributed by atoms with Gasteiger partial charge in [0.2, 0.25) is 6.10 Å². The number of cyclic esters (lactones) is 1. The SMILES string of the molecule is C[C@H](CCOCc1ccccc1)COC(=O)[C@H]1CC(=O)O1. The summed E-state index contributed by atoms with van der Waals surface area (Å²) < 4.78 is 15.3. The number of ether oxygens (including phenoxy) is 3. The van der Waals surface area contributed by atoms with Gasteiger partial charge in [-0.1, -0.05) is 37.3 Å². The van der Waals surface area contributed by atoms with E-state index in [9.17, 15) is 9.59 Å². The minimum atomic E-state index is -0.695. The first kappa shape index (κ1) is 15.5. The maximum atomic E-state index is 11.5. The molecule has 0 amide bonds. The highest BCUT2D eigenvalue weighted by Gasteiger charge is 2.36. The second kappa shape index (κ2) is 7.78. The van der Waals surface area contributed by atoms with Crippen molar-refractivity contribution in [2.45, 2.75) is 32.5 Å². The molecule has 1 aliphatic rings. The molecule has 114 valence electrons. The van der Waals surface area contributed by atoms with Gasteiger partial charge in [-0.3, -0.25) is 4.79 Å². The van der Waals surface area contributed by atoms with E-state index in [-0.39, 0.29) is 18.3 Å². The van der Waals surface area contributed by atoms with Gasteiger partial charge < -0.3 is 14.2 Å². The monoisotopic (exact) mass is 292 g/mol. The zero-order valence-electron chi connectivity index (χ0n) is 12.1. The lowest BCUT2D eigenvalue weighted by molar-refractivity contribution is -0.186. The van der Waals surface area contributed by atoms with E-state index in [4.69, 9.17) is 9.47 Å². The van der Waals surface area contributed by atoms with Crippen LogP contribution in [0, 0.1) is 5.92 Å². The van der Waals surface area contributed by atoms with Crippen molar-refractivity contribution in [2.24, 2.45) is 5.92 Å². The fourth-order valence-electron chi connectivity index (χ4n) is 1.88. The van der Waals surface area contributed by atoms with Crippen molar-refractivity contribution in [3.8, 4) is 0 Å². The molecular formula is C16H20O5. The zero-order chi connectivity index (χ0) is 15.1. The fraction of sp³-hybridized carbons (Fsp3) is 0.500. The van der Waals surface area contributed by atoms with Gasteiger partial charge in [-0.05, 0) is 17.9 Å². The molecule has 21 heavy (non-hydrogen) atoms. The van der Waals surface area contributed by atoms with Gasteiger partial charge in [0.05, 0.1) is 19.6 Å². The van der Waals surface area contributed by atoms with Crippen molar-refractivity contribution < 1.29 is 23.8 Å². The van der Waals surface area contributed by atoms with Crippen LogP contribution in [0.3, 0.4) is 0 Å². The van der Waals surface area contributed by atoms with Crippen molar-refractivity contribution in [1.29, 1.82) is 0 Å². The molecule has 0 saturated carbocycles. The standard InChI is InChI=1S/C16H20O5/c1-12(10-20-16(18)14-9-15(17)21-14)7-8-19-11-13-5-3-2-4-6-13/h2-6,12,14H,7-11H2,1H3/t12-,14-/m1/s1. The third kappa shape index (κ3) is 5.19. The van der Waals surface area contributed by atoms with Crippen LogP contribution < -0.4 is 0 Å². The Kier molecular flexibility index (Phi) is 5.75. The number of benzene rings is 1. The minimum absolute atomic E-state index is 0.132. The van der Waals surface area contributed by atoms with E-state index < -0.39 is 12.1 Å². The Hall–Kier alpha value is -1.88. The molecule has 1 fully saturated rings. The number of rotatable bonds is 8. The fourth-order valence-corrected chi connectivity index (χ4v) is 1.88. The molecule has 0 N–H and O–H groups in total. The van der Waals surface area contributed by atoms with Crippen molar-refractivity contribution in [3.05, 3.63) is 35.9 Å². The molecule has 1 saturated heterocycles. The molecule has 0 unspecified atom stereocenters. The van der Waals surface area contributed by atoms with Crippen LogP contribution in [0.1, 0.15) is 25.3 Å². The molecule has 1 aliphatic heterocycles. The highest BCUT2D eigenvalue weighted by Crippen LogP contribution is 2.15. The summed E-state index contributed by atoms with van der Waals surface area (Å²) in [6.07, 6.45) is 0.247. The van der Waals surface area contributed by atoms with E-state index >= 15 is 0 Å². The van der Waals surface area contributed by atoms with Gasteiger partial charge in [-0.25, -0.2) is 4.79 Å². The summed E-state index contributed by atoms with van der Waals surface area (Å²) in [6, 6.07) is 9.97. The summed E-state index contributed by atoms with van der Waals surface area (Å²) in [5.41, 5.74) is 1.14. The lowest BCUT2D eigenvalue weighted by Crippen LogP contribution is -2.40. The quantitative estimate of drug-likeness (QED) is 0.542. The molecule has 0 spiro atoms. The van der Waals surface area contributed by atoms with Gasteiger partial charge in [0.1, 0.15) is 0 Å². The summed E-state index contributed by atoms with van der Waals surface area (Å²) in [7, 11) is 0. The molecule has 0 aliphatic carbocycles. The molecule has 1 aromatic carbocycles. The van der Waals surface area contributed by atoms with Crippen LogP contribution >= 0.6 is 0 Å². The van der Waals surface area contributed by atoms with Crippen molar-refractivity contribution >= 4 is 11.9 Å². The van der Waals surface area contributed by atoms with Gasteiger partial charge in [-0.15, -0.1) is 0 Å². The number of carbonyl (C=O) groups excluding carboxylic acids is 2. The highest BCUT2D eigenvalue weighted by atomic mass is 16.6. The Balaban J connectivity index is 1.52. The molecule has 5 nitrogen and oxygen atoms in total. The molecule has 1 heterocycles. The molecule has 0 bridgehead atoms. The first-order valence-corrected chi connectivity index (χ1v) is 7.13. The topological polar surface area (TPSA) is 61.8 Å². The number of esters is 2. The van der Waals surface area contributed by atoms with Crippen LogP contribution in [-0.4, -0.2) is 31.3 Å². The van der Waals surface area contributed by atoms with Crippen LogP contribution in [0.15, 0.2) is 30.3 Å². The summed E-state index contributed by atoms with van der Waals surface area (Å²) in [5.74, 6) is -0.591. The Bertz CT molecular complexity index is 463.